The van der Waals surface area contributed by atoms with Crippen LogP contribution in [-0.4, -0.2) is 41.6 Å². The van der Waals surface area contributed by atoms with Crippen LogP contribution in [0.3, 0.4) is 0 Å². The molecule has 4 aromatic rings. The number of benzene rings is 2. The predicted molar refractivity (Wildman–Crippen MR) is 135 cm³/mol. The molecule has 1 aliphatic heterocycles. The van der Waals surface area contributed by atoms with Crippen LogP contribution in [0.5, 0.6) is 11.5 Å². The van der Waals surface area contributed by atoms with Crippen LogP contribution in [0.4, 0.5) is 15.9 Å². The van der Waals surface area contributed by atoms with Crippen molar-refractivity contribution >= 4 is 51.1 Å². The minimum absolute atomic E-state index is 0.00210. The Labute approximate surface area is 210 Å². The highest BCUT2D eigenvalue weighted by molar-refractivity contribution is 7.08. The molecule has 35 heavy (non-hydrogen) atoms. The van der Waals surface area contributed by atoms with Gasteiger partial charge in [-0.3, -0.25) is 4.79 Å². The van der Waals surface area contributed by atoms with Gasteiger partial charge in [-0.1, -0.05) is 17.7 Å². The number of hydrogen-bond donors (Lipinski definition) is 2. The second-order valence-corrected chi connectivity index (χ2v) is 9.37. The van der Waals surface area contributed by atoms with Crippen LogP contribution in [0.25, 0.3) is 10.9 Å². The monoisotopic (exact) mass is 512 g/mol. The number of thiophene rings is 1. The van der Waals surface area contributed by atoms with Crippen molar-refractivity contribution in [3.8, 4) is 11.5 Å². The molecule has 1 fully saturated rings. The van der Waals surface area contributed by atoms with Gasteiger partial charge in [0.2, 0.25) is 5.78 Å². The van der Waals surface area contributed by atoms with Crippen molar-refractivity contribution in [3.63, 3.8) is 0 Å². The number of nitrogens with zero attached hydrogens (tertiary/aromatic N) is 2. The lowest BCUT2D eigenvalue weighted by molar-refractivity contribution is 0.0323. The number of methoxy groups -OCH3 is 1. The lowest BCUT2D eigenvalue weighted by atomic mass is 9.86. The maximum Gasteiger partial charge on any atom is 0.208 e. The lowest BCUT2D eigenvalue weighted by Crippen LogP contribution is -2.55. The normalized spacial score (nSPS) is 17.8. The number of anilines is 2. The summed E-state index contributed by atoms with van der Waals surface area (Å²) in [5.41, 5.74) is 0.258. The third-order valence-corrected chi connectivity index (χ3v) is 6.95. The van der Waals surface area contributed by atoms with Gasteiger partial charge >= 0.3 is 0 Å². The van der Waals surface area contributed by atoms with Crippen molar-refractivity contribution < 1.29 is 18.7 Å². The maximum absolute atomic E-state index is 14.5. The zero-order valence-electron chi connectivity index (χ0n) is 18.8. The van der Waals surface area contributed by atoms with Gasteiger partial charge in [0.1, 0.15) is 12.1 Å². The lowest BCUT2D eigenvalue weighted by Gasteiger charge is -2.37. The number of Topliss-reactive ketones (excluding diaryl/α,β-unsaturated/α-hetero) is 1. The van der Waals surface area contributed by atoms with E-state index < -0.39 is 11.4 Å². The first kappa shape index (κ1) is 23.5. The highest BCUT2D eigenvalue weighted by Crippen LogP contribution is 2.39. The van der Waals surface area contributed by atoms with Gasteiger partial charge < -0.3 is 20.1 Å². The molecule has 0 spiro atoms. The van der Waals surface area contributed by atoms with Gasteiger partial charge in [-0.05, 0) is 49.0 Å². The van der Waals surface area contributed by atoms with E-state index in [9.17, 15) is 9.18 Å². The Morgan fingerprint density at radius 3 is 2.89 bits per heavy atom. The first-order valence-electron chi connectivity index (χ1n) is 11.0. The Bertz CT molecular complexity index is 1380. The molecule has 0 unspecified atom stereocenters. The van der Waals surface area contributed by atoms with E-state index >= 15 is 0 Å². The summed E-state index contributed by atoms with van der Waals surface area (Å²) in [6.45, 7) is 1.18. The van der Waals surface area contributed by atoms with E-state index in [0.717, 1.165) is 13.0 Å². The molecule has 1 saturated heterocycles. The molecule has 0 amide bonds. The number of carbonyl (C=O) groups is 1. The summed E-state index contributed by atoms with van der Waals surface area (Å²) in [5, 5.41) is 10.6. The molecule has 0 saturated carbocycles. The van der Waals surface area contributed by atoms with Crippen LogP contribution in [0.1, 0.15) is 23.2 Å². The molecule has 180 valence electrons. The third kappa shape index (κ3) is 4.54. The first-order valence-corrected chi connectivity index (χ1v) is 12.3. The van der Waals surface area contributed by atoms with Crippen molar-refractivity contribution in [2.45, 2.75) is 18.4 Å². The van der Waals surface area contributed by atoms with E-state index in [1.807, 2.05) is 10.8 Å². The Kier molecular flexibility index (Phi) is 6.55. The largest absolute Gasteiger partial charge is 0.493 e. The zero-order valence-corrected chi connectivity index (χ0v) is 20.4. The van der Waals surface area contributed by atoms with Gasteiger partial charge in [0.25, 0.3) is 0 Å². The quantitative estimate of drug-likeness (QED) is 0.311. The number of fused-ring (bicyclic) bond motifs is 1. The van der Waals surface area contributed by atoms with E-state index in [2.05, 4.69) is 20.6 Å². The van der Waals surface area contributed by atoms with Gasteiger partial charge in [-0.2, -0.15) is 11.3 Å². The average molecular weight is 513 g/mol. The Morgan fingerprint density at radius 2 is 2.14 bits per heavy atom. The molecule has 2 N–H and O–H groups in total. The molecule has 0 radical (unpaired) electrons. The Balaban J connectivity index is 1.58. The van der Waals surface area contributed by atoms with Crippen molar-refractivity contribution in [2.75, 3.05) is 25.5 Å². The van der Waals surface area contributed by atoms with Crippen molar-refractivity contribution in [2.24, 2.45) is 0 Å². The molecule has 0 aliphatic carbocycles. The van der Waals surface area contributed by atoms with Gasteiger partial charge in [0.15, 0.2) is 22.9 Å². The SMILES string of the molecule is COc1cc2ncnc(Nc3cccc(Cl)c3F)c2cc1O[C@]1(C(=O)c2ccsc2)CCCNC1. The average Bonchev–Trinajstić information content (AvgIpc) is 3.42. The number of piperidine rings is 1. The fourth-order valence-corrected chi connectivity index (χ4v) is 5.01. The molecule has 7 nitrogen and oxygen atoms in total. The second kappa shape index (κ2) is 9.77. The number of ketones is 1. The van der Waals surface area contributed by atoms with E-state index in [0.29, 0.717) is 46.7 Å². The van der Waals surface area contributed by atoms with Gasteiger partial charge in [0, 0.05) is 28.9 Å². The standard InChI is InChI=1S/C25H22ClFN4O3S/c1-33-20-11-19-16(24(30-14-29-19)31-18-5-2-4-17(26)22(18)27)10-21(20)34-25(7-3-8-28-13-25)23(32)15-6-9-35-12-15/h2,4-6,9-12,14,28H,3,7-8,13H2,1H3,(H,29,30,31)/t25-/m1/s1. The maximum atomic E-state index is 14.5. The predicted octanol–water partition coefficient (Wildman–Crippen LogP) is 5.62. The molecule has 5 rings (SSSR count). The summed E-state index contributed by atoms with van der Waals surface area (Å²) >= 11 is 7.40. The summed E-state index contributed by atoms with van der Waals surface area (Å²) < 4.78 is 26.6. The minimum atomic E-state index is -1.09. The molecule has 0 bridgehead atoms. The van der Waals surface area contributed by atoms with E-state index in [-0.39, 0.29) is 16.5 Å². The number of halogens is 2. The van der Waals surface area contributed by atoms with E-state index in [1.165, 1.54) is 30.8 Å². The van der Waals surface area contributed by atoms with Crippen LogP contribution in [-0.2, 0) is 0 Å². The molecule has 1 atom stereocenters. The van der Waals surface area contributed by atoms with Crippen molar-refractivity contribution in [1.82, 2.24) is 15.3 Å². The summed E-state index contributed by atoms with van der Waals surface area (Å²) in [4.78, 5) is 22.2. The van der Waals surface area contributed by atoms with Gasteiger partial charge in [0.05, 0.1) is 23.3 Å². The number of ether oxygens (including phenoxy) is 2. The number of hydrogen-bond acceptors (Lipinski definition) is 8. The van der Waals surface area contributed by atoms with Crippen LogP contribution < -0.4 is 20.1 Å². The Hall–Kier alpha value is -3.27. The number of rotatable bonds is 7. The van der Waals surface area contributed by atoms with Crippen molar-refractivity contribution in [3.05, 3.63) is 69.9 Å². The molecule has 1 aliphatic rings. The molecule has 10 heteroatoms. The zero-order chi connectivity index (χ0) is 24.4. The number of carbonyl (C=O) groups excluding carboxylic acids is 1. The fraction of sp³-hybridized carbons (Fsp3) is 0.240. The van der Waals surface area contributed by atoms with Crippen LogP contribution >= 0.6 is 22.9 Å². The fourth-order valence-electron chi connectivity index (χ4n) is 4.20. The van der Waals surface area contributed by atoms with Crippen molar-refractivity contribution in [1.29, 1.82) is 0 Å². The molecule has 2 aromatic carbocycles. The minimum Gasteiger partial charge on any atom is -0.493 e. The molecular weight excluding hydrogens is 491 g/mol. The molecule has 2 aromatic heterocycles. The Morgan fingerprint density at radius 1 is 1.26 bits per heavy atom. The van der Waals surface area contributed by atoms with Gasteiger partial charge in [-0.15, -0.1) is 0 Å². The van der Waals surface area contributed by atoms with Crippen LogP contribution in [0.2, 0.25) is 5.02 Å². The summed E-state index contributed by atoms with van der Waals surface area (Å²) in [7, 11) is 1.53. The van der Waals surface area contributed by atoms with E-state index in [4.69, 9.17) is 21.1 Å². The van der Waals surface area contributed by atoms with E-state index in [1.54, 1.807) is 30.3 Å². The van der Waals surface area contributed by atoms with Crippen LogP contribution in [0, 0.1) is 5.82 Å². The topological polar surface area (TPSA) is 85.4 Å². The smallest absolute Gasteiger partial charge is 0.208 e. The highest BCUT2D eigenvalue weighted by atomic mass is 35.5. The summed E-state index contributed by atoms with van der Waals surface area (Å²) in [6, 6.07) is 9.92. The molecule has 3 heterocycles. The first-order chi connectivity index (χ1) is 17.0. The summed E-state index contributed by atoms with van der Waals surface area (Å²) in [6.07, 6.45) is 2.72. The van der Waals surface area contributed by atoms with Crippen LogP contribution in [0.15, 0.2) is 53.5 Å². The number of aromatic nitrogens is 2. The molecular formula is C25H22ClFN4O3S. The highest BCUT2D eigenvalue weighted by Gasteiger charge is 2.43. The van der Waals surface area contributed by atoms with Gasteiger partial charge in [-0.25, -0.2) is 14.4 Å². The number of nitrogens with one attached hydrogen (secondary N) is 2. The third-order valence-electron chi connectivity index (χ3n) is 5.97. The summed E-state index contributed by atoms with van der Waals surface area (Å²) in [5.74, 6) is 0.496. The second-order valence-electron chi connectivity index (χ2n) is 8.19.